The first-order valence-corrected chi connectivity index (χ1v) is 10.7. The number of hydrogen-bond acceptors (Lipinski definition) is 4. The van der Waals surface area contributed by atoms with E-state index in [0.717, 1.165) is 11.1 Å². The van der Waals surface area contributed by atoms with Gasteiger partial charge in [0.25, 0.3) is 10.0 Å². The van der Waals surface area contributed by atoms with Crippen molar-refractivity contribution >= 4 is 43.8 Å². The van der Waals surface area contributed by atoms with Gasteiger partial charge in [-0.15, -0.1) is 0 Å². The maximum absolute atomic E-state index is 13.0. The van der Waals surface area contributed by atoms with Crippen LogP contribution in [0.5, 0.6) is 0 Å². The summed E-state index contributed by atoms with van der Waals surface area (Å²) in [6.07, 6.45) is 0. The van der Waals surface area contributed by atoms with Gasteiger partial charge in [0.2, 0.25) is 5.91 Å². The molecule has 7 heteroatoms. The highest BCUT2D eigenvalue weighted by molar-refractivity contribution is 7.93. The van der Waals surface area contributed by atoms with Crippen molar-refractivity contribution in [3.8, 4) is 0 Å². The normalized spacial score (nSPS) is 11.9. The van der Waals surface area contributed by atoms with Gasteiger partial charge in [-0.3, -0.25) is 9.52 Å². The third kappa shape index (κ3) is 4.51. The molecule has 1 amide bonds. The second-order valence-corrected chi connectivity index (χ2v) is 9.44. The fraction of sp³-hybridized carbons (Fsp3) is 0.227. The van der Waals surface area contributed by atoms with Crippen molar-refractivity contribution in [1.82, 2.24) is 0 Å². The highest BCUT2D eigenvalue weighted by atomic mass is 32.2. The number of carbonyl (C=O) groups is 1. The highest BCUT2D eigenvalue weighted by Gasteiger charge is 2.21. The largest absolute Gasteiger partial charge is 0.388 e. The third-order valence-corrected chi connectivity index (χ3v) is 5.96. The van der Waals surface area contributed by atoms with E-state index in [9.17, 15) is 13.2 Å². The van der Waals surface area contributed by atoms with E-state index in [4.69, 9.17) is 0 Å². The molecule has 0 bridgehead atoms. The SMILES string of the molecule is CNc1ccc(S(=O)(=O)Nc2ccc(NC(=O)C(C)(C)C)cc2)c2ccccc12. The Morgan fingerprint density at radius 2 is 1.41 bits per heavy atom. The zero-order valence-electron chi connectivity index (χ0n) is 16.9. The molecule has 0 aliphatic rings. The minimum absolute atomic E-state index is 0.109. The maximum atomic E-state index is 13.0. The monoisotopic (exact) mass is 411 g/mol. The summed E-state index contributed by atoms with van der Waals surface area (Å²) in [5.41, 5.74) is 1.37. The summed E-state index contributed by atoms with van der Waals surface area (Å²) in [5, 5.41) is 7.37. The summed E-state index contributed by atoms with van der Waals surface area (Å²) < 4.78 is 28.6. The van der Waals surface area contributed by atoms with Crippen LogP contribution in [-0.4, -0.2) is 21.4 Å². The lowest BCUT2D eigenvalue weighted by molar-refractivity contribution is -0.123. The molecule has 3 rings (SSSR count). The van der Waals surface area contributed by atoms with Crippen LogP contribution in [0, 0.1) is 5.41 Å². The fourth-order valence-electron chi connectivity index (χ4n) is 2.87. The number of sulfonamides is 1. The standard InChI is InChI=1S/C22H25N3O3S/c1-22(2,3)21(26)24-15-9-11-16(12-10-15)25-29(27,28)20-14-13-19(23-4)17-7-5-6-8-18(17)20/h5-14,23,25H,1-4H3,(H,24,26). The average molecular weight is 412 g/mol. The number of hydrogen-bond donors (Lipinski definition) is 3. The van der Waals surface area contributed by atoms with Gasteiger partial charge in [0.15, 0.2) is 0 Å². The van der Waals surface area contributed by atoms with E-state index in [1.165, 1.54) is 0 Å². The van der Waals surface area contributed by atoms with Gasteiger partial charge in [0.1, 0.15) is 0 Å². The van der Waals surface area contributed by atoms with E-state index < -0.39 is 15.4 Å². The lowest BCUT2D eigenvalue weighted by Crippen LogP contribution is -2.27. The second-order valence-electron chi connectivity index (χ2n) is 7.79. The van der Waals surface area contributed by atoms with E-state index in [0.29, 0.717) is 16.8 Å². The molecule has 0 aliphatic carbocycles. The van der Waals surface area contributed by atoms with Crippen LogP contribution in [0.15, 0.2) is 65.6 Å². The fourth-order valence-corrected chi connectivity index (χ4v) is 4.15. The van der Waals surface area contributed by atoms with Crippen LogP contribution in [-0.2, 0) is 14.8 Å². The first-order valence-electron chi connectivity index (χ1n) is 9.26. The van der Waals surface area contributed by atoms with Crippen LogP contribution in [0.4, 0.5) is 17.1 Å². The predicted octanol–water partition coefficient (Wildman–Crippen LogP) is 4.67. The van der Waals surface area contributed by atoms with Gasteiger partial charge in [-0.2, -0.15) is 0 Å². The van der Waals surface area contributed by atoms with Crippen molar-refractivity contribution in [2.24, 2.45) is 5.41 Å². The van der Waals surface area contributed by atoms with E-state index in [1.807, 2.05) is 39.0 Å². The van der Waals surface area contributed by atoms with Crippen LogP contribution < -0.4 is 15.4 Å². The number of amides is 1. The van der Waals surface area contributed by atoms with Crippen LogP contribution in [0.25, 0.3) is 10.8 Å². The summed E-state index contributed by atoms with van der Waals surface area (Å²) in [4.78, 5) is 12.3. The average Bonchev–Trinajstić information content (AvgIpc) is 2.67. The molecule has 3 aromatic rings. The molecular weight excluding hydrogens is 386 g/mol. The molecule has 0 radical (unpaired) electrons. The maximum Gasteiger partial charge on any atom is 0.262 e. The molecule has 0 saturated heterocycles. The number of anilines is 3. The Morgan fingerprint density at radius 1 is 0.828 bits per heavy atom. The molecule has 0 atom stereocenters. The number of benzene rings is 3. The Bertz CT molecular complexity index is 1150. The summed E-state index contributed by atoms with van der Waals surface area (Å²) in [6, 6.07) is 17.3. The van der Waals surface area contributed by atoms with Crippen LogP contribution in [0.2, 0.25) is 0 Å². The molecule has 6 nitrogen and oxygen atoms in total. The first kappa shape index (κ1) is 20.7. The minimum Gasteiger partial charge on any atom is -0.388 e. The molecule has 152 valence electrons. The molecular formula is C22H25N3O3S. The van der Waals surface area contributed by atoms with Crippen molar-refractivity contribution in [1.29, 1.82) is 0 Å². The Balaban J connectivity index is 1.87. The Labute approximate surface area is 171 Å². The van der Waals surface area contributed by atoms with Crippen molar-refractivity contribution in [2.45, 2.75) is 25.7 Å². The summed E-state index contributed by atoms with van der Waals surface area (Å²) in [7, 11) is -1.99. The molecule has 0 unspecified atom stereocenters. The van der Waals surface area contributed by atoms with Gasteiger partial charge in [0, 0.05) is 40.3 Å². The van der Waals surface area contributed by atoms with E-state index in [1.54, 1.807) is 49.5 Å². The molecule has 0 heterocycles. The second kappa shape index (κ2) is 7.75. The molecule has 0 saturated carbocycles. The summed E-state index contributed by atoms with van der Waals surface area (Å²) >= 11 is 0. The summed E-state index contributed by atoms with van der Waals surface area (Å²) in [5.74, 6) is -0.109. The van der Waals surface area contributed by atoms with Crippen LogP contribution in [0.1, 0.15) is 20.8 Å². The van der Waals surface area contributed by atoms with Gasteiger partial charge in [-0.25, -0.2) is 8.42 Å². The van der Waals surface area contributed by atoms with Crippen molar-refractivity contribution in [3.05, 3.63) is 60.7 Å². The molecule has 0 aliphatic heterocycles. The van der Waals surface area contributed by atoms with Crippen LogP contribution >= 0.6 is 0 Å². The van der Waals surface area contributed by atoms with Gasteiger partial charge >= 0.3 is 0 Å². The molecule has 29 heavy (non-hydrogen) atoms. The van der Waals surface area contributed by atoms with Gasteiger partial charge < -0.3 is 10.6 Å². The number of fused-ring (bicyclic) bond motifs is 1. The molecule has 0 aromatic heterocycles. The van der Waals surface area contributed by atoms with Gasteiger partial charge in [0.05, 0.1) is 4.90 Å². The topological polar surface area (TPSA) is 87.3 Å². The van der Waals surface area contributed by atoms with Crippen LogP contribution in [0.3, 0.4) is 0 Å². The van der Waals surface area contributed by atoms with Crippen molar-refractivity contribution in [3.63, 3.8) is 0 Å². The summed E-state index contributed by atoms with van der Waals surface area (Å²) in [6.45, 7) is 5.48. The lowest BCUT2D eigenvalue weighted by atomic mass is 9.95. The Hall–Kier alpha value is -3.06. The lowest BCUT2D eigenvalue weighted by Gasteiger charge is -2.18. The van der Waals surface area contributed by atoms with E-state index in [-0.39, 0.29) is 10.8 Å². The first-order chi connectivity index (χ1) is 13.6. The third-order valence-electron chi connectivity index (χ3n) is 4.52. The van der Waals surface area contributed by atoms with E-state index in [2.05, 4.69) is 15.4 Å². The van der Waals surface area contributed by atoms with Gasteiger partial charge in [-0.1, -0.05) is 45.0 Å². The zero-order chi connectivity index (χ0) is 21.2. The Morgan fingerprint density at radius 3 is 2.00 bits per heavy atom. The van der Waals surface area contributed by atoms with E-state index >= 15 is 0 Å². The Kier molecular flexibility index (Phi) is 5.53. The van der Waals surface area contributed by atoms with Crippen molar-refractivity contribution < 1.29 is 13.2 Å². The zero-order valence-corrected chi connectivity index (χ0v) is 17.7. The molecule has 0 spiro atoms. The number of carbonyl (C=O) groups excluding carboxylic acids is 1. The smallest absolute Gasteiger partial charge is 0.262 e. The quantitative estimate of drug-likeness (QED) is 0.569. The number of rotatable bonds is 5. The molecule has 3 N–H and O–H groups in total. The van der Waals surface area contributed by atoms with Crippen molar-refractivity contribution in [2.75, 3.05) is 22.4 Å². The minimum atomic E-state index is -3.79. The predicted molar refractivity (Wildman–Crippen MR) is 119 cm³/mol. The molecule has 0 fully saturated rings. The van der Waals surface area contributed by atoms with Gasteiger partial charge in [-0.05, 0) is 36.4 Å². The number of nitrogens with one attached hydrogen (secondary N) is 3. The molecule has 3 aromatic carbocycles. The highest BCUT2D eigenvalue weighted by Crippen LogP contribution is 2.30.